The van der Waals surface area contributed by atoms with Crippen molar-refractivity contribution in [2.75, 3.05) is 12.3 Å². The minimum absolute atomic E-state index is 0.0825. The van der Waals surface area contributed by atoms with Gasteiger partial charge in [0.15, 0.2) is 12.3 Å². The van der Waals surface area contributed by atoms with Gasteiger partial charge in [-0.3, -0.25) is 14.9 Å². The molecule has 9 heteroatoms. The number of rotatable bonds is 15. The van der Waals surface area contributed by atoms with Crippen molar-refractivity contribution in [3.8, 4) is 0 Å². The fourth-order valence-electron chi connectivity index (χ4n) is 4.07. The zero-order chi connectivity index (χ0) is 25.1. The third-order valence-corrected chi connectivity index (χ3v) is 7.07. The van der Waals surface area contributed by atoms with Crippen molar-refractivity contribution in [1.29, 1.82) is 0 Å². The predicted octanol–water partition coefficient (Wildman–Crippen LogP) is 4.23. The average molecular weight is 511 g/mol. The normalized spacial score (nSPS) is 17.6. The highest BCUT2D eigenvalue weighted by molar-refractivity contribution is 7.81. The van der Waals surface area contributed by atoms with Crippen LogP contribution in [0.4, 0.5) is 0 Å². The summed E-state index contributed by atoms with van der Waals surface area (Å²) in [5.41, 5.74) is 1.52. The van der Waals surface area contributed by atoms with Gasteiger partial charge in [0.1, 0.15) is 0 Å². The van der Waals surface area contributed by atoms with Crippen LogP contribution >= 0.6 is 25.3 Å². The molecular weight excluding hydrogens is 472 g/mol. The Bertz CT molecular complexity index is 822. The van der Waals surface area contributed by atoms with E-state index in [1.807, 2.05) is 26.0 Å². The Morgan fingerprint density at radius 1 is 1.21 bits per heavy atom. The van der Waals surface area contributed by atoms with E-state index in [1.165, 1.54) is 4.90 Å². The summed E-state index contributed by atoms with van der Waals surface area (Å²) in [6.45, 7) is 4.60. The van der Waals surface area contributed by atoms with Gasteiger partial charge in [-0.05, 0) is 42.6 Å². The molecule has 0 aromatic heterocycles. The molecule has 0 saturated heterocycles. The standard InChI is InChI=1S/C25H38N2O5S2/c1-3-17(2)24(32-22(29)11-7-5-9-19(34)13-15-33)26-14-12-21(28)27-16-18-8-4-6-10-20(18)23(27)25(30)31/h4,6,8,10,17,19,23-24,26,33-34H,3,5,7,9,11-16H2,1-2H3,(H,30,31). The van der Waals surface area contributed by atoms with E-state index in [-0.39, 0.29) is 30.8 Å². The maximum atomic E-state index is 12.9. The van der Waals surface area contributed by atoms with Crippen molar-refractivity contribution in [3.63, 3.8) is 0 Å². The molecule has 0 saturated carbocycles. The maximum absolute atomic E-state index is 12.9. The van der Waals surface area contributed by atoms with Crippen molar-refractivity contribution < 1.29 is 24.2 Å². The van der Waals surface area contributed by atoms with Crippen LogP contribution < -0.4 is 5.32 Å². The molecule has 0 bridgehead atoms. The van der Waals surface area contributed by atoms with Crippen LogP contribution in [0, 0.1) is 5.92 Å². The van der Waals surface area contributed by atoms with Crippen LogP contribution in [-0.2, 0) is 25.7 Å². The summed E-state index contributed by atoms with van der Waals surface area (Å²) in [5.74, 6) is -0.641. The molecule has 1 aliphatic heterocycles. The van der Waals surface area contributed by atoms with Crippen LogP contribution in [0.25, 0.3) is 0 Å². The smallest absolute Gasteiger partial charge is 0.331 e. The molecule has 1 heterocycles. The van der Waals surface area contributed by atoms with Crippen molar-refractivity contribution >= 4 is 43.1 Å². The largest absolute Gasteiger partial charge is 0.479 e. The molecule has 1 aliphatic rings. The number of ether oxygens (including phenoxy) is 1. The summed E-state index contributed by atoms with van der Waals surface area (Å²) in [6.07, 6.45) is 4.36. The van der Waals surface area contributed by atoms with Crippen LogP contribution in [0.3, 0.4) is 0 Å². The fourth-order valence-corrected chi connectivity index (χ4v) is 4.89. The number of carbonyl (C=O) groups is 3. The first-order chi connectivity index (χ1) is 16.3. The number of carboxylic acid groups (broad SMARTS) is 1. The average Bonchev–Trinajstić information content (AvgIpc) is 3.21. The summed E-state index contributed by atoms with van der Waals surface area (Å²) in [4.78, 5) is 38.4. The van der Waals surface area contributed by atoms with E-state index < -0.39 is 18.2 Å². The van der Waals surface area contributed by atoms with E-state index in [4.69, 9.17) is 4.74 Å². The molecule has 4 unspecified atom stereocenters. The molecule has 2 N–H and O–H groups in total. The number of nitrogens with zero attached hydrogens (tertiary/aromatic N) is 1. The monoisotopic (exact) mass is 510 g/mol. The Labute approximate surface area is 213 Å². The second-order valence-corrected chi connectivity index (χ2v) is 10.1. The molecule has 34 heavy (non-hydrogen) atoms. The number of aliphatic carboxylic acids is 1. The molecule has 1 aromatic rings. The van der Waals surface area contributed by atoms with Gasteiger partial charge in [0.05, 0.1) is 0 Å². The highest BCUT2D eigenvalue weighted by Crippen LogP contribution is 2.34. The van der Waals surface area contributed by atoms with E-state index >= 15 is 0 Å². The zero-order valence-corrected chi connectivity index (χ0v) is 21.9. The lowest BCUT2D eigenvalue weighted by atomic mass is 10.1. The van der Waals surface area contributed by atoms with Crippen molar-refractivity contribution in [3.05, 3.63) is 35.4 Å². The minimum Gasteiger partial charge on any atom is -0.479 e. The van der Waals surface area contributed by atoms with Crippen molar-refractivity contribution in [2.24, 2.45) is 5.92 Å². The quantitative estimate of drug-likeness (QED) is 0.122. The second-order valence-electron chi connectivity index (χ2n) is 8.87. The summed E-state index contributed by atoms with van der Waals surface area (Å²) in [5, 5.41) is 13.2. The maximum Gasteiger partial charge on any atom is 0.331 e. The Hall–Kier alpha value is -1.71. The van der Waals surface area contributed by atoms with Gasteiger partial charge in [0, 0.05) is 37.1 Å². The number of amides is 1. The summed E-state index contributed by atoms with van der Waals surface area (Å²) >= 11 is 8.72. The van der Waals surface area contributed by atoms with Gasteiger partial charge in [-0.1, -0.05) is 44.5 Å². The SMILES string of the molecule is CCC(C)C(NCCC(=O)N1Cc2ccccc2C1C(=O)O)OC(=O)CCCCC(S)CCS. The number of esters is 1. The lowest BCUT2D eigenvalue weighted by Gasteiger charge is -2.26. The summed E-state index contributed by atoms with van der Waals surface area (Å²) in [7, 11) is 0. The first-order valence-corrected chi connectivity index (χ1v) is 13.2. The number of benzene rings is 1. The Morgan fingerprint density at radius 3 is 2.62 bits per heavy atom. The predicted molar refractivity (Wildman–Crippen MR) is 139 cm³/mol. The Balaban J connectivity index is 1.82. The van der Waals surface area contributed by atoms with E-state index in [9.17, 15) is 19.5 Å². The van der Waals surface area contributed by atoms with Crippen LogP contribution in [0.15, 0.2) is 24.3 Å². The van der Waals surface area contributed by atoms with Crippen molar-refractivity contribution in [1.82, 2.24) is 10.2 Å². The van der Waals surface area contributed by atoms with Gasteiger partial charge >= 0.3 is 11.9 Å². The van der Waals surface area contributed by atoms with E-state index in [0.717, 1.165) is 43.4 Å². The van der Waals surface area contributed by atoms with Crippen molar-refractivity contribution in [2.45, 2.75) is 82.9 Å². The van der Waals surface area contributed by atoms with Gasteiger partial charge < -0.3 is 14.7 Å². The number of carbonyl (C=O) groups excluding carboxylic acids is 2. The van der Waals surface area contributed by atoms with E-state index in [2.05, 4.69) is 30.6 Å². The number of nitrogens with one attached hydrogen (secondary N) is 1. The molecular formula is C25H38N2O5S2. The molecule has 1 amide bonds. The lowest BCUT2D eigenvalue weighted by Crippen LogP contribution is -2.41. The molecule has 1 aromatic carbocycles. The topological polar surface area (TPSA) is 95.9 Å². The van der Waals surface area contributed by atoms with E-state index in [0.29, 0.717) is 23.8 Å². The summed E-state index contributed by atoms with van der Waals surface area (Å²) in [6, 6.07) is 6.28. The molecule has 0 spiro atoms. The van der Waals surface area contributed by atoms with Crippen LogP contribution in [0.5, 0.6) is 0 Å². The number of thiol groups is 2. The Morgan fingerprint density at radius 2 is 1.94 bits per heavy atom. The molecule has 0 aliphatic carbocycles. The van der Waals surface area contributed by atoms with Crippen LogP contribution in [0.1, 0.15) is 76.0 Å². The summed E-state index contributed by atoms with van der Waals surface area (Å²) < 4.78 is 5.67. The number of hydrogen-bond donors (Lipinski definition) is 4. The van der Waals surface area contributed by atoms with Gasteiger partial charge in [-0.25, -0.2) is 4.79 Å². The molecule has 2 rings (SSSR count). The highest BCUT2D eigenvalue weighted by Gasteiger charge is 2.38. The first kappa shape index (κ1) is 28.5. The highest BCUT2D eigenvalue weighted by atomic mass is 32.1. The second kappa shape index (κ2) is 14.6. The number of unbranched alkanes of at least 4 members (excludes halogenated alkanes) is 1. The van der Waals surface area contributed by atoms with Gasteiger partial charge in [0.25, 0.3) is 0 Å². The Kier molecular flexibility index (Phi) is 12.3. The molecule has 0 radical (unpaired) electrons. The van der Waals surface area contributed by atoms with Crippen LogP contribution in [-0.4, -0.2) is 51.6 Å². The number of fused-ring (bicyclic) bond motifs is 1. The third-order valence-electron chi connectivity index (χ3n) is 6.29. The van der Waals surface area contributed by atoms with Crippen LogP contribution in [0.2, 0.25) is 0 Å². The molecule has 4 atom stereocenters. The van der Waals surface area contributed by atoms with Gasteiger partial charge in [-0.15, -0.1) is 0 Å². The molecule has 7 nitrogen and oxygen atoms in total. The van der Waals surface area contributed by atoms with Gasteiger partial charge in [0.2, 0.25) is 5.91 Å². The fraction of sp³-hybridized carbons (Fsp3) is 0.640. The first-order valence-electron chi connectivity index (χ1n) is 12.1. The zero-order valence-electron chi connectivity index (χ0n) is 20.1. The third kappa shape index (κ3) is 8.50. The van der Waals surface area contributed by atoms with E-state index in [1.54, 1.807) is 12.1 Å². The van der Waals surface area contributed by atoms with Gasteiger partial charge in [-0.2, -0.15) is 25.3 Å². The number of hydrogen-bond acceptors (Lipinski definition) is 7. The minimum atomic E-state index is -1.03. The lowest BCUT2D eigenvalue weighted by molar-refractivity contribution is -0.154. The number of carboxylic acids is 1. The molecule has 190 valence electrons. The molecule has 0 fully saturated rings.